The van der Waals surface area contributed by atoms with E-state index in [9.17, 15) is 9.66 Å². The van der Waals surface area contributed by atoms with Crippen LogP contribution in [0.3, 0.4) is 0 Å². The molecule has 0 bridgehead atoms. The first-order valence-electron chi connectivity index (χ1n) is 7.92. The minimum atomic E-state index is -3.55. The molecule has 8 heteroatoms. The molecule has 0 aromatic heterocycles. The molecule has 1 aromatic rings. The Kier molecular flexibility index (Phi) is 5.55. The van der Waals surface area contributed by atoms with Gasteiger partial charge in [-0.05, 0) is 52.8 Å². The Balaban J connectivity index is 2.72. The molecule has 4 nitrogen and oxygen atoms in total. The maximum absolute atomic E-state index is 15.1. The van der Waals surface area contributed by atoms with Crippen LogP contribution in [0, 0.1) is 0 Å². The normalized spacial score (nSPS) is 24.4. The van der Waals surface area contributed by atoms with Crippen LogP contribution >= 0.6 is 15.9 Å². The van der Waals surface area contributed by atoms with Gasteiger partial charge in [0.2, 0.25) is 0 Å². The first kappa shape index (κ1) is 20.9. The number of rotatable bonds is 4. The Morgan fingerprint density at radius 2 is 1.96 bits per heavy atom. The minimum Gasteiger partial charge on any atom is -0.598 e. The molecule has 0 fully saturated rings. The zero-order chi connectivity index (χ0) is 19.3. The van der Waals surface area contributed by atoms with Gasteiger partial charge in [-0.3, -0.25) is 0 Å². The monoisotopic (exact) mass is 439 g/mol. The van der Waals surface area contributed by atoms with Crippen molar-refractivity contribution in [3.8, 4) is 5.75 Å². The summed E-state index contributed by atoms with van der Waals surface area (Å²) in [6.45, 7) is 7.13. The van der Waals surface area contributed by atoms with Crippen molar-refractivity contribution in [2.24, 2.45) is 0 Å². The number of alkyl halides is 2. The van der Waals surface area contributed by atoms with Crippen molar-refractivity contribution >= 4 is 27.3 Å². The highest BCUT2D eigenvalue weighted by Gasteiger charge is 2.63. The molecular formula is C17H24BrF2NO3S. The number of halogens is 3. The van der Waals surface area contributed by atoms with Crippen LogP contribution in [0.5, 0.6) is 5.75 Å². The molecule has 0 amide bonds. The van der Waals surface area contributed by atoms with Gasteiger partial charge in [0.05, 0.1) is 0 Å². The van der Waals surface area contributed by atoms with Gasteiger partial charge in [-0.15, -0.1) is 4.72 Å². The fraction of sp³-hybridized carbons (Fsp3) is 0.647. The highest BCUT2D eigenvalue weighted by molar-refractivity contribution is 9.10. The predicted octanol–water partition coefficient (Wildman–Crippen LogP) is 3.88. The fourth-order valence-corrected chi connectivity index (χ4v) is 4.25. The van der Waals surface area contributed by atoms with E-state index in [2.05, 4.69) is 20.7 Å². The number of aliphatic hydroxyl groups excluding tert-OH is 1. The van der Waals surface area contributed by atoms with Crippen LogP contribution in [0.25, 0.3) is 0 Å². The lowest BCUT2D eigenvalue weighted by molar-refractivity contribution is -0.147. The van der Waals surface area contributed by atoms with Gasteiger partial charge in [0, 0.05) is 27.8 Å². The largest absolute Gasteiger partial charge is 0.598 e. The quantitative estimate of drug-likeness (QED) is 0.698. The lowest BCUT2D eigenvalue weighted by Crippen LogP contribution is -2.65. The third kappa shape index (κ3) is 3.98. The molecule has 1 unspecified atom stereocenters. The first-order chi connectivity index (χ1) is 11.2. The summed E-state index contributed by atoms with van der Waals surface area (Å²) in [6, 6.07) is 4.83. The van der Waals surface area contributed by atoms with Gasteiger partial charge in [-0.25, -0.2) is 8.78 Å². The molecule has 1 aliphatic heterocycles. The topological polar surface area (TPSA) is 64.5 Å². The maximum Gasteiger partial charge on any atom is 0.297 e. The molecule has 1 aliphatic rings. The van der Waals surface area contributed by atoms with Gasteiger partial charge in [-0.2, -0.15) is 0 Å². The molecule has 1 aromatic carbocycles. The molecule has 0 saturated heterocycles. The van der Waals surface area contributed by atoms with E-state index in [1.165, 1.54) is 6.07 Å². The molecule has 2 atom stereocenters. The van der Waals surface area contributed by atoms with E-state index in [0.717, 1.165) is 0 Å². The van der Waals surface area contributed by atoms with Crippen LogP contribution in [-0.2, 0) is 16.9 Å². The van der Waals surface area contributed by atoms with Crippen molar-refractivity contribution in [3.05, 3.63) is 28.2 Å². The molecule has 0 radical (unpaired) electrons. The Hall–Kier alpha value is -0.410. The number of ether oxygens (including phenoxy) is 1. The van der Waals surface area contributed by atoms with Crippen LogP contribution < -0.4 is 9.46 Å². The van der Waals surface area contributed by atoms with Crippen molar-refractivity contribution in [3.63, 3.8) is 0 Å². The third-order valence-corrected chi connectivity index (χ3v) is 6.26. The summed E-state index contributed by atoms with van der Waals surface area (Å²) < 4.78 is 51.3. The number of benzene rings is 1. The molecule has 142 valence electrons. The average Bonchev–Trinajstić information content (AvgIpc) is 2.46. The third-order valence-electron chi connectivity index (χ3n) is 4.12. The summed E-state index contributed by atoms with van der Waals surface area (Å²) in [5.41, 5.74) is -2.78. The van der Waals surface area contributed by atoms with E-state index >= 15 is 8.78 Å². The van der Waals surface area contributed by atoms with Crippen LogP contribution in [0.1, 0.15) is 46.6 Å². The van der Waals surface area contributed by atoms with Crippen LogP contribution in [0.15, 0.2) is 22.7 Å². The highest BCUT2D eigenvalue weighted by atomic mass is 79.9. The van der Waals surface area contributed by atoms with E-state index in [0.29, 0.717) is 4.47 Å². The van der Waals surface area contributed by atoms with E-state index in [-0.39, 0.29) is 17.7 Å². The summed E-state index contributed by atoms with van der Waals surface area (Å²) in [6.07, 6.45) is -0.154. The van der Waals surface area contributed by atoms with Crippen molar-refractivity contribution in [2.45, 2.75) is 62.8 Å². The lowest BCUT2D eigenvalue weighted by Gasteiger charge is -2.49. The first-order valence-corrected chi connectivity index (χ1v) is 9.86. The number of aliphatic hydroxyl groups is 1. The van der Waals surface area contributed by atoms with Gasteiger partial charge in [0.25, 0.3) is 5.92 Å². The number of fused-ring (bicyclic) bond motifs is 1. The second-order valence-corrected chi connectivity index (χ2v) is 10.8. The second kappa shape index (κ2) is 6.64. The van der Waals surface area contributed by atoms with Crippen molar-refractivity contribution in [1.29, 1.82) is 0 Å². The van der Waals surface area contributed by atoms with Gasteiger partial charge in [0.1, 0.15) is 22.7 Å². The van der Waals surface area contributed by atoms with E-state index in [1.54, 1.807) is 46.8 Å². The molecule has 2 N–H and O–H groups in total. The smallest absolute Gasteiger partial charge is 0.297 e. The fourth-order valence-electron chi connectivity index (χ4n) is 2.93. The minimum absolute atomic E-state index is 0.154. The Morgan fingerprint density at radius 1 is 1.36 bits per heavy atom. The number of nitrogens with one attached hydrogen (secondary N) is 1. The van der Waals surface area contributed by atoms with Crippen molar-refractivity contribution < 1.29 is 23.2 Å². The second-order valence-electron chi connectivity index (χ2n) is 7.93. The standard InChI is InChI=1S/C17H24BrF2NO3S/c1-14(2,3)25(23)21-16(17(19,20)10-22)9-15(4,5)24-13-7-6-11(18)8-12(13)16/h6-8,21-22H,9-10H2,1-5H3/t16-,25?/m1/s1. The van der Waals surface area contributed by atoms with Gasteiger partial charge in [-0.1, -0.05) is 15.9 Å². The Bertz CT molecular complexity index is 651. The van der Waals surface area contributed by atoms with Gasteiger partial charge < -0.3 is 14.4 Å². The SMILES string of the molecule is CC1(C)C[C@](N[S+]([O-])C(C)(C)C)(C(F)(F)CO)c2cc(Br)ccc2O1. The summed E-state index contributed by atoms with van der Waals surface area (Å²) in [5, 5.41) is 9.45. The van der Waals surface area contributed by atoms with E-state index < -0.39 is 39.8 Å². The average molecular weight is 440 g/mol. The molecule has 2 rings (SSSR count). The molecule has 25 heavy (non-hydrogen) atoms. The molecule has 0 spiro atoms. The molecule has 0 saturated carbocycles. The van der Waals surface area contributed by atoms with E-state index in [1.807, 2.05) is 0 Å². The summed E-state index contributed by atoms with van der Waals surface area (Å²) in [7, 11) is 0. The van der Waals surface area contributed by atoms with Crippen molar-refractivity contribution in [1.82, 2.24) is 4.72 Å². The number of hydrogen-bond acceptors (Lipinski definition) is 4. The zero-order valence-corrected chi connectivity index (χ0v) is 17.4. The predicted molar refractivity (Wildman–Crippen MR) is 98.2 cm³/mol. The van der Waals surface area contributed by atoms with E-state index in [4.69, 9.17) is 4.74 Å². The van der Waals surface area contributed by atoms with Gasteiger partial charge in [0.15, 0.2) is 5.54 Å². The Morgan fingerprint density at radius 3 is 2.48 bits per heavy atom. The highest BCUT2D eigenvalue weighted by Crippen LogP contribution is 2.52. The molecule has 1 heterocycles. The van der Waals surface area contributed by atoms with Crippen LogP contribution in [0.2, 0.25) is 0 Å². The lowest BCUT2D eigenvalue weighted by atomic mass is 9.74. The Labute approximate surface area is 158 Å². The molecule has 0 aliphatic carbocycles. The number of hydrogen-bond donors (Lipinski definition) is 2. The summed E-state index contributed by atoms with van der Waals surface area (Å²) in [4.78, 5) is 0. The zero-order valence-electron chi connectivity index (χ0n) is 15.0. The van der Waals surface area contributed by atoms with Gasteiger partial charge >= 0.3 is 0 Å². The summed E-state index contributed by atoms with van der Waals surface area (Å²) >= 11 is 1.52. The summed E-state index contributed by atoms with van der Waals surface area (Å²) in [5.74, 6) is -3.27. The maximum atomic E-state index is 15.1. The molecular weight excluding hydrogens is 416 g/mol. The van der Waals surface area contributed by atoms with Crippen LogP contribution in [-0.4, -0.2) is 32.5 Å². The van der Waals surface area contributed by atoms with Crippen molar-refractivity contribution in [2.75, 3.05) is 6.61 Å². The van der Waals surface area contributed by atoms with Crippen LogP contribution in [0.4, 0.5) is 8.78 Å².